The van der Waals surface area contributed by atoms with Crippen molar-refractivity contribution in [1.29, 1.82) is 0 Å². The van der Waals surface area contributed by atoms with Crippen molar-refractivity contribution >= 4 is 22.6 Å². The number of hydrogen-bond donors (Lipinski definition) is 1. The summed E-state index contributed by atoms with van der Waals surface area (Å²) < 4.78 is 6.51. The van der Waals surface area contributed by atoms with Gasteiger partial charge in [-0.2, -0.15) is 0 Å². The topological polar surface area (TPSA) is 24.5 Å². The lowest BCUT2D eigenvalue weighted by Gasteiger charge is -2.26. The second kappa shape index (κ2) is 7.06. The van der Waals surface area contributed by atoms with Crippen LogP contribution in [0.2, 0.25) is 0 Å². The Morgan fingerprint density at radius 1 is 1.25 bits per heavy atom. The largest absolute Gasteiger partial charge is 0.379 e. The van der Waals surface area contributed by atoms with Gasteiger partial charge in [0.15, 0.2) is 0 Å². The summed E-state index contributed by atoms with van der Waals surface area (Å²) in [7, 11) is 0. The van der Waals surface area contributed by atoms with Crippen LogP contribution in [-0.4, -0.2) is 55.3 Å². The lowest BCUT2D eigenvalue weighted by atomic mass is 10.4. The fourth-order valence-electron chi connectivity index (χ4n) is 1.29. The molecule has 0 spiro atoms. The Morgan fingerprint density at radius 3 is 2.67 bits per heavy atom. The van der Waals surface area contributed by atoms with Crippen LogP contribution in [0, 0.1) is 0 Å². The Labute approximate surface area is 88.0 Å². The van der Waals surface area contributed by atoms with Crippen LogP contribution in [0.25, 0.3) is 0 Å². The molecule has 0 saturated carbocycles. The minimum absolute atomic E-state index is 0.892. The van der Waals surface area contributed by atoms with Gasteiger partial charge in [-0.15, -0.1) is 0 Å². The molecule has 1 saturated heterocycles. The highest BCUT2D eigenvalue weighted by Crippen LogP contribution is 1.91. The number of ether oxygens (including phenoxy) is 1. The number of alkyl halides is 1. The van der Waals surface area contributed by atoms with Crippen LogP contribution in [0.1, 0.15) is 0 Å². The van der Waals surface area contributed by atoms with Crippen LogP contribution in [0.5, 0.6) is 0 Å². The number of hydrogen-bond acceptors (Lipinski definition) is 3. The van der Waals surface area contributed by atoms with Crippen molar-refractivity contribution in [2.45, 2.75) is 0 Å². The maximum atomic E-state index is 5.42. The van der Waals surface area contributed by atoms with Gasteiger partial charge >= 0.3 is 0 Å². The number of piperazine rings is 1. The molecule has 1 heterocycles. The Kier molecular flexibility index (Phi) is 6.29. The van der Waals surface area contributed by atoms with E-state index in [4.69, 9.17) is 4.74 Å². The van der Waals surface area contributed by atoms with Gasteiger partial charge in [-0.25, -0.2) is 0 Å². The third-order valence-corrected chi connectivity index (χ3v) is 2.42. The van der Waals surface area contributed by atoms with E-state index in [-0.39, 0.29) is 0 Å². The predicted octanol–water partition coefficient (Wildman–Crippen LogP) is 0.343. The molecule has 1 aliphatic rings. The molecule has 0 atom stereocenters. The number of rotatable bonds is 5. The fourth-order valence-corrected chi connectivity index (χ4v) is 1.60. The summed E-state index contributed by atoms with van der Waals surface area (Å²) >= 11 is 2.33. The first-order valence-corrected chi connectivity index (χ1v) is 6.03. The lowest BCUT2D eigenvalue weighted by Crippen LogP contribution is -2.44. The average molecular weight is 284 g/mol. The highest BCUT2D eigenvalue weighted by Gasteiger charge is 2.07. The molecule has 12 heavy (non-hydrogen) atoms. The third-order valence-electron chi connectivity index (χ3n) is 1.98. The van der Waals surface area contributed by atoms with Gasteiger partial charge in [-0.05, 0) is 0 Å². The van der Waals surface area contributed by atoms with Crippen LogP contribution >= 0.6 is 22.6 Å². The van der Waals surface area contributed by atoms with Crippen molar-refractivity contribution in [3.8, 4) is 0 Å². The SMILES string of the molecule is ICCOCCN1CCNCC1. The first-order chi connectivity index (χ1) is 5.93. The molecule has 0 amide bonds. The molecule has 1 aliphatic heterocycles. The van der Waals surface area contributed by atoms with E-state index < -0.39 is 0 Å². The van der Waals surface area contributed by atoms with Crippen molar-refractivity contribution in [1.82, 2.24) is 10.2 Å². The van der Waals surface area contributed by atoms with Gasteiger partial charge in [0.25, 0.3) is 0 Å². The fraction of sp³-hybridized carbons (Fsp3) is 1.00. The molecule has 4 heteroatoms. The first-order valence-electron chi connectivity index (χ1n) is 4.50. The third kappa shape index (κ3) is 4.59. The molecular weight excluding hydrogens is 267 g/mol. The molecule has 3 nitrogen and oxygen atoms in total. The van der Waals surface area contributed by atoms with Gasteiger partial charge in [-0.1, -0.05) is 22.6 Å². The zero-order valence-electron chi connectivity index (χ0n) is 7.39. The summed E-state index contributed by atoms with van der Waals surface area (Å²) in [5.41, 5.74) is 0. The summed E-state index contributed by atoms with van der Waals surface area (Å²) in [6.45, 7) is 7.49. The van der Waals surface area contributed by atoms with E-state index in [1.54, 1.807) is 0 Å². The quantitative estimate of drug-likeness (QED) is 0.448. The van der Waals surface area contributed by atoms with Crippen molar-refractivity contribution < 1.29 is 4.74 Å². The van der Waals surface area contributed by atoms with E-state index in [9.17, 15) is 0 Å². The van der Waals surface area contributed by atoms with Crippen LogP contribution < -0.4 is 5.32 Å². The van der Waals surface area contributed by atoms with E-state index in [2.05, 4.69) is 32.8 Å². The summed E-state index contributed by atoms with van der Waals surface area (Å²) in [4.78, 5) is 2.45. The molecule has 1 N–H and O–H groups in total. The summed E-state index contributed by atoms with van der Waals surface area (Å²) in [6.07, 6.45) is 0. The minimum Gasteiger partial charge on any atom is -0.379 e. The van der Waals surface area contributed by atoms with E-state index in [0.717, 1.165) is 37.3 Å². The Bertz CT molecular complexity index is 107. The maximum absolute atomic E-state index is 5.42. The van der Waals surface area contributed by atoms with Crippen molar-refractivity contribution in [3.63, 3.8) is 0 Å². The molecule has 0 aromatic carbocycles. The number of nitrogens with zero attached hydrogens (tertiary/aromatic N) is 1. The van der Waals surface area contributed by atoms with Gasteiger partial charge in [0.1, 0.15) is 0 Å². The molecule has 0 aromatic heterocycles. The maximum Gasteiger partial charge on any atom is 0.0593 e. The molecule has 72 valence electrons. The normalized spacial score (nSPS) is 19.8. The Morgan fingerprint density at radius 2 is 2.00 bits per heavy atom. The standard InChI is InChI=1S/C8H17IN2O/c9-1-7-12-8-6-11-4-2-10-3-5-11/h10H,1-8H2. The van der Waals surface area contributed by atoms with Crippen LogP contribution in [0.15, 0.2) is 0 Å². The highest BCUT2D eigenvalue weighted by molar-refractivity contribution is 14.1. The molecule has 1 fully saturated rings. The van der Waals surface area contributed by atoms with Crippen molar-refractivity contribution in [2.24, 2.45) is 0 Å². The number of halogens is 1. The second-order valence-electron chi connectivity index (χ2n) is 2.89. The molecular formula is C8H17IN2O. The Hall–Kier alpha value is 0.610. The van der Waals surface area contributed by atoms with Gasteiger partial charge in [0, 0.05) is 37.2 Å². The molecule has 1 rings (SSSR count). The van der Waals surface area contributed by atoms with Crippen molar-refractivity contribution in [3.05, 3.63) is 0 Å². The molecule has 0 radical (unpaired) electrons. The zero-order valence-corrected chi connectivity index (χ0v) is 9.55. The molecule has 0 aliphatic carbocycles. The first kappa shape index (κ1) is 10.7. The van der Waals surface area contributed by atoms with Gasteiger partial charge in [0.05, 0.1) is 13.2 Å². The van der Waals surface area contributed by atoms with Gasteiger partial charge in [0.2, 0.25) is 0 Å². The Balaban J connectivity index is 1.91. The second-order valence-corrected chi connectivity index (χ2v) is 3.97. The van der Waals surface area contributed by atoms with Gasteiger partial charge < -0.3 is 10.1 Å². The van der Waals surface area contributed by atoms with Crippen molar-refractivity contribution in [2.75, 3.05) is 50.4 Å². The zero-order chi connectivity index (χ0) is 8.65. The number of nitrogens with one attached hydrogen (secondary N) is 1. The monoisotopic (exact) mass is 284 g/mol. The summed E-state index contributed by atoms with van der Waals surface area (Å²) in [6, 6.07) is 0. The van der Waals surface area contributed by atoms with E-state index in [1.807, 2.05) is 0 Å². The minimum atomic E-state index is 0.892. The lowest BCUT2D eigenvalue weighted by molar-refractivity contribution is 0.111. The molecule has 0 bridgehead atoms. The van der Waals surface area contributed by atoms with E-state index >= 15 is 0 Å². The molecule has 0 unspecified atom stereocenters. The van der Waals surface area contributed by atoms with Gasteiger partial charge in [-0.3, -0.25) is 4.90 Å². The smallest absolute Gasteiger partial charge is 0.0593 e. The van der Waals surface area contributed by atoms with E-state index in [1.165, 1.54) is 13.1 Å². The molecule has 0 aromatic rings. The predicted molar refractivity (Wildman–Crippen MR) is 59.0 cm³/mol. The summed E-state index contributed by atoms with van der Waals surface area (Å²) in [5, 5.41) is 3.33. The van der Waals surface area contributed by atoms with Crippen LogP contribution in [0.3, 0.4) is 0 Å². The summed E-state index contributed by atoms with van der Waals surface area (Å²) in [5.74, 6) is 0. The van der Waals surface area contributed by atoms with Crippen LogP contribution in [0.4, 0.5) is 0 Å². The van der Waals surface area contributed by atoms with Crippen LogP contribution in [-0.2, 0) is 4.74 Å². The highest BCUT2D eigenvalue weighted by atomic mass is 127. The van der Waals surface area contributed by atoms with E-state index in [0.29, 0.717) is 0 Å². The average Bonchev–Trinajstić information content (AvgIpc) is 2.14.